The second-order valence-corrected chi connectivity index (χ2v) is 6.50. The maximum atomic E-state index is 9.16. The van der Waals surface area contributed by atoms with E-state index in [1.807, 2.05) is 0 Å². The van der Waals surface area contributed by atoms with Crippen LogP contribution in [0.5, 0.6) is 5.75 Å². The number of unbranched alkanes of at least 4 members (excludes halogenated alkanes) is 4. The number of aliphatic hydroxyl groups is 1. The van der Waals surface area contributed by atoms with E-state index in [1.54, 1.807) is 0 Å². The van der Waals surface area contributed by atoms with E-state index in [0.29, 0.717) is 0 Å². The fraction of sp³-hybridized carbons (Fsp3) is 0.600. The molecule has 0 amide bonds. The molecular formula is C20H31NO2. The number of ether oxygens (including phenoxy) is 1. The Bertz CT molecular complexity index is 510. The van der Waals surface area contributed by atoms with Crippen molar-refractivity contribution in [3.63, 3.8) is 0 Å². The SMILES string of the molecule is CCCCCCCOc1ccc2c(c1)CCC=C2CC(N)CO. The molecule has 0 saturated carbocycles. The average Bonchev–Trinajstić information content (AvgIpc) is 2.58. The zero-order valence-corrected chi connectivity index (χ0v) is 14.4. The van der Waals surface area contributed by atoms with Gasteiger partial charge in [0.15, 0.2) is 0 Å². The van der Waals surface area contributed by atoms with Crippen LogP contribution in [0.25, 0.3) is 5.57 Å². The van der Waals surface area contributed by atoms with Crippen LogP contribution in [0.4, 0.5) is 0 Å². The first-order valence-corrected chi connectivity index (χ1v) is 9.06. The molecule has 1 aromatic carbocycles. The van der Waals surface area contributed by atoms with Crippen LogP contribution in [-0.2, 0) is 6.42 Å². The van der Waals surface area contributed by atoms with Gasteiger partial charge >= 0.3 is 0 Å². The van der Waals surface area contributed by atoms with Crippen LogP contribution >= 0.6 is 0 Å². The van der Waals surface area contributed by atoms with Gasteiger partial charge in [-0.05, 0) is 54.5 Å². The molecule has 0 fully saturated rings. The van der Waals surface area contributed by atoms with Gasteiger partial charge < -0.3 is 15.6 Å². The van der Waals surface area contributed by atoms with Crippen LogP contribution in [0, 0.1) is 0 Å². The molecule has 0 saturated heterocycles. The standard InChI is InChI=1S/C20H31NO2/c1-2-3-4-5-6-12-23-19-10-11-20-16(13-18(21)15-22)8-7-9-17(20)14-19/h8,10-11,14,18,22H,2-7,9,12-13,15,21H2,1H3. The van der Waals surface area contributed by atoms with Crippen LogP contribution in [0.1, 0.15) is 63.0 Å². The summed E-state index contributed by atoms with van der Waals surface area (Å²) in [5.41, 5.74) is 9.77. The van der Waals surface area contributed by atoms with E-state index >= 15 is 0 Å². The van der Waals surface area contributed by atoms with E-state index in [0.717, 1.165) is 38.0 Å². The van der Waals surface area contributed by atoms with Crippen LogP contribution in [0.2, 0.25) is 0 Å². The highest BCUT2D eigenvalue weighted by atomic mass is 16.5. The van der Waals surface area contributed by atoms with Gasteiger partial charge in [-0.2, -0.15) is 0 Å². The van der Waals surface area contributed by atoms with E-state index < -0.39 is 0 Å². The molecule has 128 valence electrons. The van der Waals surface area contributed by atoms with E-state index in [-0.39, 0.29) is 12.6 Å². The normalized spacial score (nSPS) is 15.0. The van der Waals surface area contributed by atoms with Crippen molar-refractivity contribution in [2.75, 3.05) is 13.2 Å². The van der Waals surface area contributed by atoms with Gasteiger partial charge in [0, 0.05) is 6.04 Å². The minimum Gasteiger partial charge on any atom is -0.494 e. The molecule has 1 aliphatic rings. The summed E-state index contributed by atoms with van der Waals surface area (Å²) in [6.45, 7) is 3.08. The van der Waals surface area contributed by atoms with Crippen LogP contribution in [-0.4, -0.2) is 24.4 Å². The van der Waals surface area contributed by atoms with E-state index in [4.69, 9.17) is 15.6 Å². The average molecular weight is 317 g/mol. The highest BCUT2D eigenvalue weighted by Gasteiger charge is 2.15. The zero-order chi connectivity index (χ0) is 16.5. The Hall–Kier alpha value is -1.32. The monoisotopic (exact) mass is 317 g/mol. The number of allylic oxidation sites excluding steroid dienone is 1. The van der Waals surface area contributed by atoms with Crippen LogP contribution in [0.15, 0.2) is 24.3 Å². The van der Waals surface area contributed by atoms with Gasteiger partial charge in [-0.25, -0.2) is 0 Å². The zero-order valence-electron chi connectivity index (χ0n) is 14.4. The topological polar surface area (TPSA) is 55.5 Å². The number of fused-ring (bicyclic) bond motifs is 1. The molecule has 0 radical (unpaired) electrons. The number of benzene rings is 1. The molecule has 1 aromatic rings. The molecule has 1 unspecified atom stereocenters. The number of nitrogens with two attached hydrogens (primary N) is 1. The van der Waals surface area contributed by atoms with Crippen molar-refractivity contribution >= 4 is 5.57 Å². The minimum absolute atomic E-state index is 0.0336. The second-order valence-electron chi connectivity index (χ2n) is 6.50. The van der Waals surface area contributed by atoms with Crippen LogP contribution in [0.3, 0.4) is 0 Å². The minimum atomic E-state index is -0.175. The second kappa shape index (κ2) is 9.74. The Morgan fingerprint density at radius 2 is 2.04 bits per heavy atom. The third-order valence-electron chi connectivity index (χ3n) is 4.46. The Morgan fingerprint density at radius 1 is 1.22 bits per heavy atom. The molecular weight excluding hydrogens is 286 g/mol. The summed E-state index contributed by atoms with van der Waals surface area (Å²) in [5, 5.41) is 9.16. The maximum absolute atomic E-state index is 9.16. The number of aryl methyl sites for hydroxylation is 1. The molecule has 23 heavy (non-hydrogen) atoms. The molecule has 3 nitrogen and oxygen atoms in total. The summed E-state index contributed by atoms with van der Waals surface area (Å²) in [6.07, 6.45) is 11.4. The summed E-state index contributed by atoms with van der Waals surface area (Å²) in [4.78, 5) is 0. The highest BCUT2D eigenvalue weighted by Crippen LogP contribution is 2.32. The Labute approximate surface area is 140 Å². The van der Waals surface area contributed by atoms with E-state index in [2.05, 4.69) is 31.2 Å². The summed E-state index contributed by atoms with van der Waals surface area (Å²) < 4.78 is 5.91. The Kier molecular flexibility index (Phi) is 7.63. The van der Waals surface area contributed by atoms with E-state index in [1.165, 1.54) is 42.4 Å². The molecule has 3 N–H and O–H groups in total. The maximum Gasteiger partial charge on any atom is 0.119 e. The van der Waals surface area contributed by atoms with E-state index in [9.17, 15) is 0 Å². The van der Waals surface area contributed by atoms with Gasteiger partial charge in [0.25, 0.3) is 0 Å². The molecule has 0 aromatic heterocycles. The molecule has 0 spiro atoms. The summed E-state index contributed by atoms with van der Waals surface area (Å²) in [6, 6.07) is 6.22. The lowest BCUT2D eigenvalue weighted by atomic mass is 9.87. The van der Waals surface area contributed by atoms with Gasteiger partial charge in [0.1, 0.15) is 5.75 Å². The van der Waals surface area contributed by atoms with Gasteiger partial charge in [-0.15, -0.1) is 0 Å². The first-order chi connectivity index (χ1) is 11.2. The van der Waals surface area contributed by atoms with Crippen molar-refractivity contribution in [3.8, 4) is 5.75 Å². The van der Waals surface area contributed by atoms with Crippen LogP contribution < -0.4 is 10.5 Å². The molecule has 1 atom stereocenters. The van der Waals surface area contributed by atoms with Gasteiger partial charge in [0.05, 0.1) is 13.2 Å². The summed E-state index contributed by atoms with van der Waals surface area (Å²) >= 11 is 0. The van der Waals surface area contributed by atoms with Crippen molar-refractivity contribution in [2.45, 2.75) is 64.3 Å². The van der Waals surface area contributed by atoms with Crippen molar-refractivity contribution in [1.29, 1.82) is 0 Å². The Morgan fingerprint density at radius 3 is 2.83 bits per heavy atom. The predicted octanol–water partition coefficient (Wildman–Crippen LogP) is 4.08. The number of hydrogen-bond donors (Lipinski definition) is 2. The lowest BCUT2D eigenvalue weighted by Gasteiger charge is -2.21. The summed E-state index contributed by atoms with van der Waals surface area (Å²) in [5.74, 6) is 0.979. The van der Waals surface area contributed by atoms with Crippen molar-refractivity contribution in [2.24, 2.45) is 5.73 Å². The third kappa shape index (κ3) is 5.67. The molecule has 3 heteroatoms. The lowest BCUT2D eigenvalue weighted by Crippen LogP contribution is -2.25. The molecule has 0 bridgehead atoms. The quantitative estimate of drug-likeness (QED) is 0.639. The predicted molar refractivity (Wildman–Crippen MR) is 96.7 cm³/mol. The molecule has 2 rings (SSSR count). The highest BCUT2D eigenvalue weighted by molar-refractivity contribution is 5.71. The Balaban J connectivity index is 1.88. The van der Waals surface area contributed by atoms with Crippen molar-refractivity contribution in [3.05, 3.63) is 35.4 Å². The van der Waals surface area contributed by atoms with Gasteiger partial charge in [0.2, 0.25) is 0 Å². The van der Waals surface area contributed by atoms with Crippen molar-refractivity contribution in [1.82, 2.24) is 0 Å². The number of hydrogen-bond acceptors (Lipinski definition) is 3. The lowest BCUT2D eigenvalue weighted by molar-refractivity contribution is 0.267. The van der Waals surface area contributed by atoms with Crippen molar-refractivity contribution < 1.29 is 9.84 Å². The van der Waals surface area contributed by atoms with Gasteiger partial charge in [-0.1, -0.05) is 44.7 Å². The smallest absolute Gasteiger partial charge is 0.119 e. The fourth-order valence-corrected chi connectivity index (χ4v) is 3.13. The largest absolute Gasteiger partial charge is 0.494 e. The number of aliphatic hydroxyl groups excluding tert-OH is 1. The summed E-state index contributed by atoms with van der Waals surface area (Å²) in [7, 11) is 0. The molecule has 0 heterocycles. The first-order valence-electron chi connectivity index (χ1n) is 9.06. The molecule has 1 aliphatic carbocycles. The van der Waals surface area contributed by atoms with Gasteiger partial charge in [-0.3, -0.25) is 0 Å². The number of rotatable bonds is 10. The first kappa shape index (κ1) is 18.0. The fourth-order valence-electron chi connectivity index (χ4n) is 3.13. The third-order valence-corrected chi connectivity index (χ3v) is 4.46. The molecule has 0 aliphatic heterocycles.